The number of rotatable bonds is 3. The van der Waals surface area contributed by atoms with E-state index in [4.69, 9.17) is 5.11 Å². The number of nitrogens with one attached hydrogen (secondary N) is 1. The van der Waals surface area contributed by atoms with Crippen LogP contribution in [0.25, 0.3) is 0 Å². The van der Waals surface area contributed by atoms with Crippen LogP contribution in [0.15, 0.2) is 30.3 Å². The Balaban J connectivity index is 1.99. The molecule has 0 saturated heterocycles. The maximum atomic E-state index is 13.4. The molecule has 3 nitrogen and oxygen atoms in total. The molecule has 0 aliphatic heterocycles. The molecule has 0 unspecified atom stereocenters. The second-order valence-corrected chi connectivity index (χ2v) is 5.20. The van der Waals surface area contributed by atoms with E-state index in [9.17, 15) is 13.6 Å². The van der Waals surface area contributed by atoms with E-state index in [1.807, 2.05) is 0 Å². The number of carbonyl (C=O) groups excluding carboxylic acids is 1. The first-order valence-corrected chi connectivity index (χ1v) is 6.83. The van der Waals surface area contributed by atoms with Crippen LogP contribution < -0.4 is 5.32 Å². The minimum atomic E-state index is -0.895. The third-order valence-electron chi connectivity index (χ3n) is 2.55. The lowest BCUT2D eigenvalue weighted by atomic mass is 10.2. The quantitative estimate of drug-likeness (QED) is 0.855. The molecule has 6 heteroatoms. The lowest BCUT2D eigenvalue weighted by Crippen LogP contribution is -2.23. The Bertz CT molecular complexity index is 716. The van der Waals surface area contributed by atoms with Gasteiger partial charge >= 0.3 is 0 Å². The molecule has 21 heavy (non-hydrogen) atoms. The normalized spacial score (nSPS) is 9.86. The van der Waals surface area contributed by atoms with Gasteiger partial charge < -0.3 is 10.4 Å². The summed E-state index contributed by atoms with van der Waals surface area (Å²) in [5.41, 5.74) is -0.201. The van der Waals surface area contributed by atoms with Gasteiger partial charge in [0.05, 0.1) is 17.0 Å². The summed E-state index contributed by atoms with van der Waals surface area (Å²) in [4.78, 5) is 13.4. The second kappa shape index (κ2) is 6.97. The van der Waals surface area contributed by atoms with E-state index >= 15 is 0 Å². The van der Waals surface area contributed by atoms with Gasteiger partial charge in [0.15, 0.2) is 0 Å². The summed E-state index contributed by atoms with van der Waals surface area (Å²) in [6.45, 7) is 0.00886. The number of hydrogen-bond acceptors (Lipinski definition) is 3. The van der Waals surface area contributed by atoms with Crippen LogP contribution in [0.2, 0.25) is 0 Å². The van der Waals surface area contributed by atoms with Crippen LogP contribution in [0, 0.1) is 23.5 Å². The highest BCUT2D eigenvalue weighted by Crippen LogP contribution is 2.15. The Kier molecular flexibility index (Phi) is 5.04. The van der Waals surface area contributed by atoms with E-state index < -0.39 is 17.5 Å². The zero-order chi connectivity index (χ0) is 15.2. The van der Waals surface area contributed by atoms with E-state index in [1.54, 1.807) is 12.1 Å². The zero-order valence-electron chi connectivity index (χ0n) is 10.8. The van der Waals surface area contributed by atoms with Gasteiger partial charge in [0.1, 0.15) is 18.2 Å². The molecule has 0 aliphatic rings. The van der Waals surface area contributed by atoms with Crippen molar-refractivity contribution in [1.82, 2.24) is 5.32 Å². The molecular formula is C15H11F2NO2S. The number of aliphatic hydroxyl groups excluding tert-OH is 1. The van der Waals surface area contributed by atoms with Crippen LogP contribution in [0.5, 0.6) is 0 Å². The predicted molar refractivity (Wildman–Crippen MR) is 75.8 cm³/mol. The molecule has 2 N–H and O–H groups in total. The minimum absolute atomic E-state index is 0.201. The van der Waals surface area contributed by atoms with Gasteiger partial charge in [0, 0.05) is 10.9 Å². The van der Waals surface area contributed by atoms with Crippen LogP contribution in [-0.2, 0) is 6.54 Å². The van der Waals surface area contributed by atoms with Gasteiger partial charge in [-0.15, -0.1) is 11.3 Å². The molecule has 0 saturated carbocycles. The van der Waals surface area contributed by atoms with Gasteiger partial charge in [0.2, 0.25) is 0 Å². The van der Waals surface area contributed by atoms with Crippen LogP contribution >= 0.6 is 11.3 Å². The molecule has 0 spiro atoms. The fraction of sp³-hybridized carbons (Fsp3) is 0.133. The number of halogens is 2. The molecule has 0 aliphatic carbocycles. The summed E-state index contributed by atoms with van der Waals surface area (Å²) in [6, 6.07) is 6.36. The Labute approximate surface area is 124 Å². The first kappa shape index (κ1) is 15.2. The summed E-state index contributed by atoms with van der Waals surface area (Å²) >= 11 is 1.36. The average Bonchev–Trinajstić information content (AvgIpc) is 2.90. The van der Waals surface area contributed by atoms with Crippen LogP contribution in [0.3, 0.4) is 0 Å². The van der Waals surface area contributed by atoms with Gasteiger partial charge in [0.25, 0.3) is 5.91 Å². The Morgan fingerprint density at radius 1 is 1.29 bits per heavy atom. The first-order chi connectivity index (χ1) is 10.1. The van der Waals surface area contributed by atoms with Gasteiger partial charge in [-0.25, -0.2) is 8.78 Å². The molecule has 0 fully saturated rings. The fourth-order valence-electron chi connectivity index (χ4n) is 1.60. The SMILES string of the molecule is O=C(NCc1ccc(C#CCO)s1)c1ccc(F)cc1F. The monoisotopic (exact) mass is 307 g/mol. The van der Waals surface area contributed by atoms with Crippen molar-refractivity contribution >= 4 is 17.2 Å². The van der Waals surface area contributed by atoms with Gasteiger partial charge in [-0.1, -0.05) is 11.8 Å². The topological polar surface area (TPSA) is 49.3 Å². The van der Waals surface area contributed by atoms with Crippen molar-refractivity contribution in [2.24, 2.45) is 0 Å². The van der Waals surface area contributed by atoms with Crippen molar-refractivity contribution in [2.75, 3.05) is 6.61 Å². The molecule has 0 atom stereocenters. The number of hydrogen-bond donors (Lipinski definition) is 2. The van der Waals surface area contributed by atoms with E-state index in [1.165, 1.54) is 11.3 Å². The summed E-state index contributed by atoms with van der Waals surface area (Å²) in [6.07, 6.45) is 0. The third kappa shape index (κ3) is 4.12. The number of amides is 1. The standard InChI is InChI=1S/C15H11F2NO2S/c16-10-3-6-13(14(17)8-10)15(20)18-9-12-5-4-11(21-12)2-1-7-19/h3-6,8,19H,7,9H2,(H,18,20). The van der Waals surface area contributed by atoms with Crippen molar-refractivity contribution < 1.29 is 18.7 Å². The summed E-state index contributed by atoms with van der Waals surface area (Å²) in [5.74, 6) is 3.05. The largest absolute Gasteiger partial charge is 0.384 e. The lowest BCUT2D eigenvalue weighted by Gasteiger charge is -2.04. The van der Waals surface area contributed by atoms with Crippen molar-refractivity contribution in [3.8, 4) is 11.8 Å². The second-order valence-electron chi connectivity index (χ2n) is 4.03. The molecule has 2 aromatic rings. The van der Waals surface area contributed by atoms with E-state index in [-0.39, 0.29) is 18.7 Å². The average molecular weight is 307 g/mol. The van der Waals surface area contributed by atoms with Crippen LogP contribution in [-0.4, -0.2) is 17.6 Å². The number of aliphatic hydroxyl groups is 1. The summed E-state index contributed by atoms with van der Waals surface area (Å²) in [5, 5.41) is 11.2. The molecule has 108 valence electrons. The van der Waals surface area contributed by atoms with Gasteiger partial charge in [-0.3, -0.25) is 4.79 Å². The highest BCUT2D eigenvalue weighted by atomic mass is 32.1. The maximum Gasteiger partial charge on any atom is 0.254 e. The van der Waals surface area contributed by atoms with Crippen LogP contribution in [0.4, 0.5) is 8.78 Å². The van der Waals surface area contributed by atoms with Crippen molar-refractivity contribution in [1.29, 1.82) is 0 Å². The van der Waals surface area contributed by atoms with Gasteiger partial charge in [-0.2, -0.15) is 0 Å². The number of carbonyl (C=O) groups is 1. The molecule has 1 aromatic heterocycles. The van der Waals surface area contributed by atoms with E-state index in [0.29, 0.717) is 6.07 Å². The molecule has 0 radical (unpaired) electrons. The van der Waals surface area contributed by atoms with Crippen molar-refractivity contribution in [3.05, 3.63) is 57.3 Å². The fourth-order valence-corrected chi connectivity index (χ4v) is 2.43. The Morgan fingerprint density at radius 3 is 2.81 bits per heavy atom. The lowest BCUT2D eigenvalue weighted by molar-refractivity contribution is 0.0947. The highest BCUT2D eigenvalue weighted by Gasteiger charge is 2.12. The molecule has 2 rings (SSSR count). The summed E-state index contributed by atoms with van der Waals surface area (Å²) < 4.78 is 26.2. The van der Waals surface area contributed by atoms with E-state index in [0.717, 1.165) is 21.9 Å². The number of benzene rings is 1. The van der Waals surface area contributed by atoms with Crippen LogP contribution in [0.1, 0.15) is 20.1 Å². The number of thiophene rings is 1. The summed E-state index contributed by atoms with van der Waals surface area (Å²) in [7, 11) is 0. The molecule has 1 heterocycles. The molecular weight excluding hydrogens is 296 g/mol. The zero-order valence-corrected chi connectivity index (χ0v) is 11.6. The smallest absolute Gasteiger partial charge is 0.254 e. The molecule has 0 bridgehead atoms. The minimum Gasteiger partial charge on any atom is -0.384 e. The Morgan fingerprint density at radius 2 is 2.10 bits per heavy atom. The highest BCUT2D eigenvalue weighted by molar-refractivity contribution is 7.12. The third-order valence-corrected chi connectivity index (χ3v) is 3.55. The van der Waals surface area contributed by atoms with Gasteiger partial charge in [-0.05, 0) is 24.3 Å². The van der Waals surface area contributed by atoms with Crippen molar-refractivity contribution in [3.63, 3.8) is 0 Å². The molecule has 1 aromatic carbocycles. The maximum absolute atomic E-state index is 13.4. The predicted octanol–water partition coefficient (Wildman–Crippen LogP) is 2.30. The molecule has 1 amide bonds. The van der Waals surface area contributed by atoms with Crippen molar-refractivity contribution in [2.45, 2.75) is 6.54 Å². The first-order valence-electron chi connectivity index (χ1n) is 6.02. The Hall–Kier alpha value is -2.23. The van der Waals surface area contributed by atoms with E-state index in [2.05, 4.69) is 17.2 Å².